The summed E-state index contributed by atoms with van der Waals surface area (Å²) in [6.45, 7) is 0.674. The minimum Gasteiger partial charge on any atom is -0.369 e. The van der Waals surface area contributed by atoms with Crippen LogP contribution in [0.2, 0.25) is 5.02 Å². The summed E-state index contributed by atoms with van der Waals surface area (Å²) in [5.41, 5.74) is 9.52. The van der Waals surface area contributed by atoms with Crippen LogP contribution in [0.3, 0.4) is 0 Å². The van der Waals surface area contributed by atoms with Gasteiger partial charge in [-0.25, -0.2) is 4.98 Å². The van der Waals surface area contributed by atoms with Gasteiger partial charge in [0, 0.05) is 16.1 Å². The summed E-state index contributed by atoms with van der Waals surface area (Å²) in [6.07, 6.45) is 1.83. The van der Waals surface area contributed by atoms with Crippen molar-refractivity contribution < 1.29 is 0 Å². The van der Waals surface area contributed by atoms with E-state index in [1.54, 1.807) is 16.8 Å². The molecule has 0 saturated heterocycles. The Morgan fingerprint density at radius 2 is 2.29 bits per heavy atom. The van der Waals surface area contributed by atoms with Crippen molar-refractivity contribution in [3.8, 4) is 0 Å². The van der Waals surface area contributed by atoms with E-state index in [-0.39, 0.29) is 0 Å². The molecule has 0 bridgehead atoms. The number of nitrogens with zero attached hydrogens (tertiary/aromatic N) is 3. The first-order valence-electron chi connectivity index (χ1n) is 5.02. The highest BCUT2D eigenvalue weighted by atomic mass is 35.5. The molecule has 0 atom stereocenters. The number of imidazole rings is 1. The molecule has 86 valence electrons. The lowest BCUT2D eigenvalue weighted by molar-refractivity contribution is 0.850. The van der Waals surface area contributed by atoms with Gasteiger partial charge in [-0.3, -0.25) is 4.98 Å². The smallest absolute Gasteiger partial charge is 0.201 e. The summed E-state index contributed by atoms with van der Waals surface area (Å²) < 4.78 is 1.94. The lowest BCUT2D eigenvalue weighted by atomic mass is 10.3. The van der Waals surface area contributed by atoms with Crippen LogP contribution < -0.4 is 5.73 Å². The van der Waals surface area contributed by atoms with Crippen LogP contribution in [-0.4, -0.2) is 14.5 Å². The highest BCUT2D eigenvalue weighted by molar-refractivity contribution is 7.09. The Hall–Kier alpha value is -1.59. The second-order valence-corrected chi connectivity index (χ2v) is 5.06. The number of thiazole rings is 1. The fraction of sp³-hybridized carbons (Fsp3) is 0.0909. The molecule has 0 unspecified atom stereocenters. The number of halogens is 1. The maximum absolute atomic E-state index is 5.99. The van der Waals surface area contributed by atoms with Gasteiger partial charge in [0.15, 0.2) is 0 Å². The first-order valence-corrected chi connectivity index (χ1v) is 6.28. The van der Waals surface area contributed by atoms with Crippen molar-refractivity contribution in [2.45, 2.75) is 6.54 Å². The zero-order chi connectivity index (χ0) is 11.8. The average molecular weight is 265 g/mol. The summed E-state index contributed by atoms with van der Waals surface area (Å²) in [7, 11) is 0. The third-order valence-electron chi connectivity index (χ3n) is 2.54. The quantitative estimate of drug-likeness (QED) is 0.774. The predicted molar refractivity (Wildman–Crippen MR) is 70.4 cm³/mol. The first-order chi connectivity index (χ1) is 8.24. The van der Waals surface area contributed by atoms with Gasteiger partial charge in [0.2, 0.25) is 5.95 Å². The molecule has 0 saturated carbocycles. The Kier molecular flexibility index (Phi) is 2.49. The fourth-order valence-corrected chi connectivity index (χ4v) is 2.51. The SMILES string of the molecule is Nc1nc2ccc(Cl)cc2n1Cc1cncs1. The topological polar surface area (TPSA) is 56.7 Å². The van der Waals surface area contributed by atoms with Crippen LogP contribution >= 0.6 is 22.9 Å². The number of nitrogen functional groups attached to an aromatic ring is 1. The summed E-state index contributed by atoms with van der Waals surface area (Å²) in [5, 5.41) is 0.683. The molecule has 2 heterocycles. The van der Waals surface area contributed by atoms with E-state index in [4.69, 9.17) is 17.3 Å². The first kappa shape index (κ1) is 10.6. The van der Waals surface area contributed by atoms with E-state index in [9.17, 15) is 0 Å². The molecule has 0 aliphatic rings. The molecule has 0 amide bonds. The zero-order valence-electron chi connectivity index (χ0n) is 8.80. The van der Waals surface area contributed by atoms with Crippen LogP contribution in [0.25, 0.3) is 11.0 Å². The molecular formula is C11H9ClN4S. The van der Waals surface area contributed by atoms with Crippen molar-refractivity contribution in [3.05, 3.63) is 39.8 Å². The highest BCUT2D eigenvalue weighted by Crippen LogP contribution is 2.23. The van der Waals surface area contributed by atoms with Crippen molar-refractivity contribution in [1.82, 2.24) is 14.5 Å². The molecule has 3 aromatic rings. The Morgan fingerprint density at radius 1 is 1.41 bits per heavy atom. The van der Waals surface area contributed by atoms with E-state index < -0.39 is 0 Å². The lowest BCUT2D eigenvalue weighted by Gasteiger charge is -2.03. The van der Waals surface area contributed by atoms with Crippen LogP contribution in [0.15, 0.2) is 29.9 Å². The summed E-state index contributed by atoms with van der Waals surface area (Å²) >= 11 is 7.58. The van der Waals surface area contributed by atoms with Crippen LogP contribution in [-0.2, 0) is 6.54 Å². The van der Waals surface area contributed by atoms with Gasteiger partial charge in [0.25, 0.3) is 0 Å². The number of hydrogen-bond donors (Lipinski definition) is 1. The maximum atomic E-state index is 5.99. The molecule has 1 aromatic carbocycles. The van der Waals surface area contributed by atoms with Gasteiger partial charge in [-0.05, 0) is 18.2 Å². The number of fused-ring (bicyclic) bond motifs is 1. The largest absolute Gasteiger partial charge is 0.369 e. The second kappa shape index (κ2) is 4.01. The van der Waals surface area contributed by atoms with E-state index in [1.807, 2.05) is 29.0 Å². The molecular weight excluding hydrogens is 256 g/mol. The molecule has 0 spiro atoms. The number of benzene rings is 1. The van der Waals surface area contributed by atoms with Crippen LogP contribution in [0.1, 0.15) is 4.88 Å². The number of anilines is 1. The van der Waals surface area contributed by atoms with Crippen molar-refractivity contribution in [1.29, 1.82) is 0 Å². The molecule has 0 aliphatic heterocycles. The van der Waals surface area contributed by atoms with Gasteiger partial charge >= 0.3 is 0 Å². The van der Waals surface area contributed by atoms with Gasteiger partial charge in [0.1, 0.15) is 0 Å². The zero-order valence-corrected chi connectivity index (χ0v) is 10.4. The van der Waals surface area contributed by atoms with E-state index in [2.05, 4.69) is 9.97 Å². The van der Waals surface area contributed by atoms with Gasteiger partial charge in [-0.15, -0.1) is 11.3 Å². The number of nitrogens with two attached hydrogens (primary N) is 1. The molecule has 0 radical (unpaired) electrons. The maximum Gasteiger partial charge on any atom is 0.201 e. The minimum atomic E-state index is 0.496. The standard InChI is InChI=1S/C11H9ClN4S/c12-7-1-2-9-10(3-7)16(11(13)15-9)5-8-4-14-6-17-8/h1-4,6H,5H2,(H2,13,15). The van der Waals surface area contributed by atoms with E-state index >= 15 is 0 Å². The van der Waals surface area contributed by atoms with Crippen molar-refractivity contribution >= 4 is 39.9 Å². The number of rotatable bonds is 2. The Balaban J connectivity index is 2.14. The number of hydrogen-bond acceptors (Lipinski definition) is 4. The van der Waals surface area contributed by atoms with E-state index in [0.717, 1.165) is 15.9 Å². The second-order valence-electron chi connectivity index (χ2n) is 3.66. The third kappa shape index (κ3) is 1.87. The van der Waals surface area contributed by atoms with Gasteiger partial charge in [-0.2, -0.15) is 0 Å². The van der Waals surface area contributed by atoms with Gasteiger partial charge < -0.3 is 10.3 Å². The molecule has 6 heteroatoms. The third-order valence-corrected chi connectivity index (χ3v) is 3.54. The minimum absolute atomic E-state index is 0.496. The van der Waals surface area contributed by atoms with Gasteiger partial charge in [-0.1, -0.05) is 11.6 Å². The van der Waals surface area contributed by atoms with Crippen LogP contribution in [0.4, 0.5) is 5.95 Å². The van der Waals surface area contributed by atoms with Gasteiger partial charge in [0.05, 0.1) is 23.1 Å². The van der Waals surface area contributed by atoms with Crippen LogP contribution in [0.5, 0.6) is 0 Å². The summed E-state index contributed by atoms with van der Waals surface area (Å²) in [4.78, 5) is 9.48. The van der Waals surface area contributed by atoms with E-state index in [1.165, 1.54) is 0 Å². The lowest BCUT2D eigenvalue weighted by Crippen LogP contribution is -2.03. The predicted octanol–water partition coefficient (Wildman–Crippen LogP) is 2.78. The molecule has 2 N–H and O–H groups in total. The fourth-order valence-electron chi connectivity index (χ4n) is 1.76. The Morgan fingerprint density at radius 3 is 3.06 bits per heavy atom. The molecule has 0 fully saturated rings. The molecule has 2 aromatic heterocycles. The molecule has 0 aliphatic carbocycles. The van der Waals surface area contributed by atoms with E-state index in [0.29, 0.717) is 17.5 Å². The van der Waals surface area contributed by atoms with Crippen molar-refractivity contribution in [3.63, 3.8) is 0 Å². The molecule has 4 nitrogen and oxygen atoms in total. The molecule has 17 heavy (non-hydrogen) atoms. The Bertz CT molecular complexity index is 659. The van der Waals surface area contributed by atoms with Crippen molar-refractivity contribution in [2.24, 2.45) is 0 Å². The molecule has 3 rings (SSSR count). The monoisotopic (exact) mass is 264 g/mol. The van der Waals surface area contributed by atoms with Crippen molar-refractivity contribution in [2.75, 3.05) is 5.73 Å². The van der Waals surface area contributed by atoms with Crippen LogP contribution in [0, 0.1) is 0 Å². The average Bonchev–Trinajstić information content (AvgIpc) is 2.90. The highest BCUT2D eigenvalue weighted by Gasteiger charge is 2.09. The summed E-state index contributed by atoms with van der Waals surface area (Å²) in [6, 6.07) is 5.56. The summed E-state index contributed by atoms with van der Waals surface area (Å²) in [5.74, 6) is 0.496. The normalized spacial score (nSPS) is 11.1. The Labute approximate surface area is 107 Å². The number of aromatic nitrogens is 3.